The monoisotopic (exact) mass is 532 g/mol. The van der Waals surface area contributed by atoms with Gasteiger partial charge in [-0.3, -0.25) is 14.5 Å². The third-order valence-corrected chi connectivity index (χ3v) is 7.56. The van der Waals surface area contributed by atoms with Crippen LogP contribution in [0.25, 0.3) is 16.0 Å². The zero-order chi connectivity index (χ0) is 26.1. The Morgan fingerprint density at radius 2 is 1.78 bits per heavy atom. The fourth-order valence-electron chi connectivity index (χ4n) is 4.35. The van der Waals surface area contributed by atoms with Crippen LogP contribution in [0.2, 0.25) is 5.02 Å². The van der Waals surface area contributed by atoms with E-state index in [9.17, 15) is 14.7 Å². The van der Waals surface area contributed by atoms with Gasteiger partial charge < -0.3 is 9.84 Å². The number of ketones is 1. The zero-order valence-electron chi connectivity index (χ0n) is 20.4. The van der Waals surface area contributed by atoms with Crippen LogP contribution in [0.1, 0.15) is 43.0 Å². The fraction of sp³-hybridized carbons (Fsp3) is 0.207. The van der Waals surface area contributed by atoms with Crippen LogP contribution < -0.4 is 9.64 Å². The van der Waals surface area contributed by atoms with Gasteiger partial charge in [0.15, 0.2) is 5.13 Å². The summed E-state index contributed by atoms with van der Waals surface area (Å²) >= 11 is 7.37. The molecule has 1 fully saturated rings. The first-order chi connectivity index (χ1) is 17.9. The van der Waals surface area contributed by atoms with Crippen molar-refractivity contribution in [3.05, 3.63) is 94.0 Å². The van der Waals surface area contributed by atoms with Crippen molar-refractivity contribution >= 4 is 55.7 Å². The van der Waals surface area contributed by atoms with Gasteiger partial charge in [0, 0.05) is 10.6 Å². The van der Waals surface area contributed by atoms with E-state index in [1.807, 2.05) is 31.2 Å². The molecule has 1 atom stereocenters. The summed E-state index contributed by atoms with van der Waals surface area (Å²) in [6.45, 7) is 4.69. The van der Waals surface area contributed by atoms with Gasteiger partial charge in [-0.1, -0.05) is 55.0 Å². The number of aliphatic hydroxyl groups excluding tert-OH is 1. The number of aryl methyl sites for hydroxylation is 1. The summed E-state index contributed by atoms with van der Waals surface area (Å²) in [5, 5.41) is 12.2. The molecule has 0 unspecified atom stereocenters. The third-order valence-electron chi connectivity index (χ3n) is 6.29. The summed E-state index contributed by atoms with van der Waals surface area (Å²) in [5.74, 6) is -1.07. The molecule has 1 aliphatic rings. The van der Waals surface area contributed by atoms with Crippen molar-refractivity contribution in [1.29, 1.82) is 0 Å². The first kappa shape index (κ1) is 25.0. The van der Waals surface area contributed by atoms with Gasteiger partial charge in [-0.15, -0.1) is 0 Å². The van der Waals surface area contributed by atoms with E-state index in [-0.39, 0.29) is 11.3 Å². The number of fused-ring (bicyclic) bond motifs is 1. The Balaban J connectivity index is 1.66. The van der Waals surface area contributed by atoms with Crippen LogP contribution in [0.5, 0.6) is 5.75 Å². The maximum absolute atomic E-state index is 13.4. The molecule has 0 aliphatic carbocycles. The zero-order valence-corrected chi connectivity index (χ0v) is 22.0. The minimum absolute atomic E-state index is 0.00283. The Morgan fingerprint density at radius 3 is 2.46 bits per heavy atom. The number of carbonyl (C=O) groups excluding carboxylic acids is 2. The van der Waals surface area contributed by atoms with Crippen LogP contribution in [-0.2, 0) is 16.0 Å². The topological polar surface area (TPSA) is 79.7 Å². The number of ether oxygens (including phenoxy) is 1. The third kappa shape index (κ3) is 4.72. The maximum Gasteiger partial charge on any atom is 0.301 e. The molecule has 1 saturated heterocycles. The number of benzene rings is 3. The molecule has 1 N–H and O–H groups in total. The predicted octanol–water partition coefficient (Wildman–Crippen LogP) is 6.93. The van der Waals surface area contributed by atoms with Crippen molar-refractivity contribution in [3.8, 4) is 5.75 Å². The molecule has 0 bridgehead atoms. The average molecular weight is 533 g/mol. The minimum Gasteiger partial charge on any atom is -0.507 e. The Hall–Kier alpha value is -3.68. The highest BCUT2D eigenvalue weighted by Crippen LogP contribution is 2.44. The van der Waals surface area contributed by atoms with Crippen LogP contribution in [0, 0.1) is 0 Å². The van der Waals surface area contributed by atoms with Gasteiger partial charge in [0.25, 0.3) is 5.78 Å². The Morgan fingerprint density at radius 1 is 1.05 bits per heavy atom. The van der Waals surface area contributed by atoms with E-state index in [0.717, 1.165) is 28.6 Å². The van der Waals surface area contributed by atoms with Crippen LogP contribution in [0.15, 0.2) is 72.3 Å². The number of nitrogens with zero attached hydrogens (tertiary/aromatic N) is 2. The normalized spacial score (nSPS) is 17.1. The summed E-state index contributed by atoms with van der Waals surface area (Å²) in [5.41, 5.74) is 2.97. The van der Waals surface area contributed by atoms with Gasteiger partial charge in [-0.2, -0.15) is 0 Å². The SMILES string of the molecule is CCCOc1ccc([C@H]2C(=C(O)c3ccc(Cl)cc3)C(=O)C(=O)N2c2nc3ccc(CC)cc3s2)cc1. The molecule has 0 radical (unpaired) electrons. The molecule has 188 valence electrons. The van der Waals surface area contributed by atoms with Gasteiger partial charge in [0.2, 0.25) is 0 Å². The molecular formula is C29H25ClN2O4S. The maximum atomic E-state index is 13.4. The molecule has 1 amide bonds. The lowest BCUT2D eigenvalue weighted by molar-refractivity contribution is -0.132. The van der Waals surface area contributed by atoms with E-state index in [1.165, 1.54) is 16.2 Å². The molecule has 3 aromatic carbocycles. The van der Waals surface area contributed by atoms with Crippen molar-refractivity contribution in [2.75, 3.05) is 11.5 Å². The fourth-order valence-corrected chi connectivity index (χ4v) is 5.54. The van der Waals surface area contributed by atoms with Gasteiger partial charge in [-0.05, 0) is 72.5 Å². The molecule has 0 saturated carbocycles. The van der Waals surface area contributed by atoms with E-state index in [4.69, 9.17) is 21.3 Å². The first-order valence-corrected chi connectivity index (χ1v) is 13.3. The van der Waals surface area contributed by atoms with Crippen LogP contribution in [-0.4, -0.2) is 28.4 Å². The highest BCUT2D eigenvalue weighted by molar-refractivity contribution is 7.22. The standard InChI is InChI=1S/C29H25ClN2O4S/c1-3-15-36-21-12-8-18(9-13-21)25-24(26(33)19-6-10-20(30)11-7-19)27(34)28(35)32(25)29-31-22-14-5-17(4-2)16-23(22)37-29/h5-14,16,25,33H,3-4,15H2,1-2H3/t25-/m0/s1. The average Bonchev–Trinajstić information content (AvgIpc) is 3.45. The second kappa shape index (κ2) is 10.4. The number of aliphatic hydroxyl groups is 1. The van der Waals surface area contributed by atoms with Crippen molar-refractivity contribution in [1.82, 2.24) is 4.98 Å². The number of aromatic nitrogens is 1. The molecule has 8 heteroatoms. The summed E-state index contributed by atoms with van der Waals surface area (Å²) in [7, 11) is 0. The highest BCUT2D eigenvalue weighted by Gasteiger charge is 2.48. The number of carbonyl (C=O) groups is 2. The van der Waals surface area contributed by atoms with Crippen molar-refractivity contribution in [2.45, 2.75) is 32.7 Å². The van der Waals surface area contributed by atoms with E-state index >= 15 is 0 Å². The van der Waals surface area contributed by atoms with Crippen molar-refractivity contribution in [2.24, 2.45) is 0 Å². The van der Waals surface area contributed by atoms with Crippen LogP contribution >= 0.6 is 22.9 Å². The second-order valence-electron chi connectivity index (χ2n) is 8.75. The molecular weight excluding hydrogens is 508 g/mol. The molecule has 1 aliphatic heterocycles. The number of Topliss-reactive ketones (excluding diaryl/α,β-unsaturated/α-hetero) is 1. The van der Waals surface area contributed by atoms with Gasteiger partial charge in [0.05, 0.1) is 28.4 Å². The first-order valence-electron chi connectivity index (χ1n) is 12.1. The lowest BCUT2D eigenvalue weighted by Crippen LogP contribution is -2.29. The Kier molecular flexibility index (Phi) is 7.00. The minimum atomic E-state index is -0.859. The molecule has 2 heterocycles. The van der Waals surface area contributed by atoms with E-state index < -0.39 is 17.7 Å². The molecule has 1 aromatic heterocycles. The number of hydrogen-bond acceptors (Lipinski definition) is 6. The quantitative estimate of drug-likeness (QED) is 0.159. The summed E-state index contributed by atoms with van der Waals surface area (Å²) in [4.78, 5) is 32.9. The lowest BCUT2D eigenvalue weighted by Gasteiger charge is -2.23. The summed E-state index contributed by atoms with van der Waals surface area (Å²) in [6.07, 6.45) is 1.75. The van der Waals surface area contributed by atoms with E-state index in [1.54, 1.807) is 36.4 Å². The molecule has 6 nitrogen and oxygen atoms in total. The predicted molar refractivity (Wildman–Crippen MR) is 147 cm³/mol. The van der Waals surface area contributed by atoms with Gasteiger partial charge in [-0.25, -0.2) is 4.98 Å². The Bertz CT molecular complexity index is 1510. The van der Waals surface area contributed by atoms with Crippen LogP contribution in [0.4, 0.5) is 5.13 Å². The number of hydrogen-bond donors (Lipinski definition) is 1. The van der Waals surface area contributed by atoms with E-state index in [0.29, 0.717) is 33.6 Å². The lowest BCUT2D eigenvalue weighted by atomic mass is 9.95. The number of halogens is 1. The number of amides is 1. The second-order valence-corrected chi connectivity index (χ2v) is 10.2. The summed E-state index contributed by atoms with van der Waals surface area (Å²) in [6, 6.07) is 18.8. The highest BCUT2D eigenvalue weighted by atomic mass is 35.5. The number of rotatable bonds is 7. The largest absolute Gasteiger partial charge is 0.507 e. The van der Waals surface area contributed by atoms with Gasteiger partial charge >= 0.3 is 5.91 Å². The Labute approximate surface area is 223 Å². The smallest absolute Gasteiger partial charge is 0.301 e. The van der Waals surface area contributed by atoms with Gasteiger partial charge in [0.1, 0.15) is 11.5 Å². The van der Waals surface area contributed by atoms with Crippen molar-refractivity contribution < 1.29 is 19.4 Å². The number of thiazole rings is 1. The molecule has 5 rings (SSSR count). The molecule has 4 aromatic rings. The molecule has 0 spiro atoms. The molecule has 37 heavy (non-hydrogen) atoms. The van der Waals surface area contributed by atoms with E-state index in [2.05, 4.69) is 13.0 Å². The number of anilines is 1. The summed E-state index contributed by atoms with van der Waals surface area (Å²) < 4.78 is 6.64. The van der Waals surface area contributed by atoms with Crippen molar-refractivity contribution in [3.63, 3.8) is 0 Å². The van der Waals surface area contributed by atoms with Crippen LogP contribution in [0.3, 0.4) is 0 Å².